The van der Waals surface area contributed by atoms with Gasteiger partial charge in [0.1, 0.15) is 12.0 Å². The molecular formula is C6H7N3O3. The molecule has 0 amide bonds. The number of ether oxygens (including phenoxy) is 1. The van der Waals surface area contributed by atoms with Crippen molar-refractivity contribution in [2.45, 2.75) is 6.92 Å². The molecule has 64 valence electrons. The van der Waals surface area contributed by atoms with Crippen LogP contribution in [0.2, 0.25) is 0 Å². The number of aromatic nitrogens is 2. The first-order valence-electron chi connectivity index (χ1n) is 3.17. The molecule has 0 aliphatic rings. The summed E-state index contributed by atoms with van der Waals surface area (Å²) in [5, 5.41) is 10.3. The summed E-state index contributed by atoms with van der Waals surface area (Å²) in [4.78, 5) is 17.2. The van der Waals surface area contributed by atoms with Crippen molar-refractivity contribution in [3.05, 3.63) is 22.1 Å². The maximum atomic E-state index is 10.3. The molecule has 0 aliphatic carbocycles. The monoisotopic (exact) mass is 169 g/mol. The summed E-state index contributed by atoms with van der Waals surface area (Å²) in [6.07, 6.45) is 1.13. The Morgan fingerprint density at radius 2 is 2.33 bits per heavy atom. The van der Waals surface area contributed by atoms with Gasteiger partial charge in [0.2, 0.25) is 0 Å². The van der Waals surface area contributed by atoms with E-state index in [1.54, 1.807) is 6.92 Å². The second-order valence-electron chi connectivity index (χ2n) is 2.07. The van der Waals surface area contributed by atoms with Crippen LogP contribution >= 0.6 is 0 Å². The molecule has 0 saturated heterocycles. The number of hydrogen-bond donors (Lipinski definition) is 0. The number of hydrogen-bond acceptors (Lipinski definition) is 5. The largest absolute Gasteiger partial charge is 0.476 e. The lowest BCUT2D eigenvalue weighted by Gasteiger charge is -1.99. The number of methoxy groups -OCH3 is 1. The Kier molecular flexibility index (Phi) is 2.18. The molecule has 0 fully saturated rings. The summed E-state index contributed by atoms with van der Waals surface area (Å²) >= 11 is 0. The van der Waals surface area contributed by atoms with E-state index in [9.17, 15) is 10.1 Å². The van der Waals surface area contributed by atoms with Crippen molar-refractivity contribution in [2.24, 2.45) is 0 Å². The quantitative estimate of drug-likeness (QED) is 0.481. The first-order valence-corrected chi connectivity index (χ1v) is 3.17. The van der Waals surface area contributed by atoms with Crippen molar-refractivity contribution in [1.82, 2.24) is 9.97 Å². The maximum Gasteiger partial charge on any atom is 0.349 e. The van der Waals surface area contributed by atoms with Crippen molar-refractivity contribution in [1.29, 1.82) is 0 Å². The fourth-order valence-corrected chi connectivity index (χ4v) is 0.718. The topological polar surface area (TPSA) is 78.2 Å². The van der Waals surface area contributed by atoms with Crippen LogP contribution in [0.3, 0.4) is 0 Å². The van der Waals surface area contributed by atoms with Gasteiger partial charge in [0.05, 0.1) is 12.0 Å². The van der Waals surface area contributed by atoms with Gasteiger partial charge in [0.25, 0.3) is 5.88 Å². The predicted octanol–water partition coefficient (Wildman–Crippen LogP) is 0.702. The molecule has 1 aromatic heterocycles. The zero-order valence-electron chi connectivity index (χ0n) is 6.64. The molecule has 1 heterocycles. The molecule has 0 unspecified atom stereocenters. The summed E-state index contributed by atoms with van der Waals surface area (Å²) in [6, 6.07) is 0. The Hall–Kier alpha value is -1.72. The van der Waals surface area contributed by atoms with Crippen molar-refractivity contribution in [3.8, 4) is 5.88 Å². The maximum absolute atomic E-state index is 10.3. The summed E-state index contributed by atoms with van der Waals surface area (Å²) < 4.78 is 4.69. The Balaban J connectivity index is 3.20. The van der Waals surface area contributed by atoms with E-state index in [1.807, 2.05) is 0 Å². The van der Waals surface area contributed by atoms with Crippen molar-refractivity contribution in [2.75, 3.05) is 7.11 Å². The summed E-state index contributed by atoms with van der Waals surface area (Å²) in [6.45, 7) is 1.63. The molecule has 12 heavy (non-hydrogen) atoms. The Bertz CT molecular complexity index is 313. The minimum atomic E-state index is -0.585. The summed E-state index contributed by atoms with van der Waals surface area (Å²) in [7, 11) is 1.33. The van der Waals surface area contributed by atoms with Crippen LogP contribution in [0.4, 0.5) is 5.69 Å². The lowest BCUT2D eigenvalue weighted by atomic mass is 10.5. The van der Waals surface area contributed by atoms with E-state index in [2.05, 4.69) is 9.97 Å². The second kappa shape index (κ2) is 3.12. The van der Waals surface area contributed by atoms with Crippen LogP contribution in [0.25, 0.3) is 0 Å². The van der Waals surface area contributed by atoms with Crippen LogP contribution in [-0.2, 0) is 0 Å². The third-order valence-corrected chi connectivity index (χ3v) is 1.25. The lowest BCUT2D eigenvalue weighted by Crippen LogP contribution is -1.99. The van der Waals surface area contributed by atoms with E-state index in [-0.39, 0.29) is 11.6 Å². The fraction of sp³-hybridized carbons (Fsp3) is 0.333. The predicted molar refractivity (Wildman–Crippen MR) is 40.0 cm³/mol. The molecule has 0 radical (unpaired) electrons. The van der Waals surface area contributed by atoms with Crippen molar-refractivity contribution in [3.63, 3.8) is 0 Å². The lowest BCUT2D eigenvalue weighted by molar-refractivity contribution is -0.386. The second-order valence-corrected chi connectivity index (χ2v) is 2.07. The third-order valence-electron chi connectivity index (χ3n) is 1.25. The van der Waals surface area contributed by atoms with Crippen LogP contribution < -0.4 is 4.74 Å². The molecular weight excluding hydrogens is 162 g/mol. The molecule has 0 bridgehead atoms. The highest BCUT2D eigenvalue weighted by Crippen LogP contribution is 2.21. The first-order chi connectivity index (χ1) is 5.65. The van der Waals surface area contributed by atoms with Gasteiger partial charge < -0.3 is 4.74 Å². The SMILES string of the molecule is COc1nc(C)ncc1[N+](=O)[O-]. The molecule has 0 saturated carbocycles. The van der Waals surface area contributed by atoms with Gasteiger partial charge in [-0.25, -0.2) is 4.98 Å². The Morgan fingerprint density at radius 3 is 2.83 bits per heavy atom. The molecule has 0 atom stereocenters. The standard InChI is InChI=1S/C6H7N3O3/c1-4-7-3-5(9(10)11)6(8-4)12-2/h3H,1-2H3. The smallest absolute Gasteiger partial charge is 0.349 e. The zero-order valence-corrected chi connectivity index (χ0v) is 6.64. The van der Waals surface area contributed by atoms with Gasteiger partial charge in [-0.2, -0.15) is 4.98 Å². The number of nitrogens with zero attached hydrogens (tertiary/aromatic N) is 3. The van der Waals surface area contributed by atoms with Gasteiger partial charge in [0.15, 0.2) is 0 Å². The number of rotatable bonds is 2. The average Bonchev–Trinajstić information content (AvgIpc) is 2.03. The highest BCUT2D eigenvalue weighted by molar-refractivity contribution is 5.37. The third kappa shape index (κ3) is 1.47. The van der Waals surface area contributed by atoms with Gasteiger partial charge in [-0.1, -0.05) is 0 Å². The van der Waals surface area contributed by atoms with Crippen molar-refractivity contribution < 1.29 is 9.66 Å². The molecule has 0 aliphatic heterocycles. The van der Waals surface area contributed by atoms with E-state index >= 15 is 0 Å². The van der Waals surface area contributed by atoms with E-state index in [0.29, 0.717) is 5.82 Å². The van der Waals surface area contributed by atoms with Crippen molar-refractivity contribution >= 4 is 5.69 Å². The van der Waals surface area contributed by atoms with E-state index in [0.717, 1.165) is 6.20 Å². The Labute approximate surface area is 68.4 Å². The fourth-order valence-electron chi connectivity index (χ4n) is 0.718. The van der Waals surface area contributed by atoms with Crippen LogP contribution in [-0.4, -0.2) is 22.0 Å². The van der Waals surface area contributed by atoms with Gasteiger partial charge in [-0.05, 0) is 6.92 Å². The molecule has 0 N–H and O–H groups in total. The van der Waals surface area contributed by atoms with Gasteiger partial charge in [-0.15, -0.1) is 0 Å². The van der Waals surface area contributed by atoms with Crippen LogP contribution in [0.15, 0.2) is 6.20 Å². The van der Waals surface area contributed by atoms with Crippen LogP contribution in [0.1, 0.15) is 5.82 Å². The zero-order chi connectivity index (χ0) is 9.14. The highest BCUT2D eigenvalue weighted by atomic mass is 16.6. The van der Waals surface area contributed by atoms with E-state index in [4.69, 9.17) is 4.74 Å². The Morgan fingerprint density at radius 1 is 1.67 bits per heavy atom. The summed E-state index contributed by atoms with van der Waals surface area (Å²) in [5.41, 5.74) is -0.219. The van der Waals surface area contributed by atoms with Gasteiger partial charge in [0, 0.05) is 0 Å². The van der Waals surface area contributed by atoms with E-state index in [1.165, 1.54) is 7.11 Å². The normalized spacial score (nSPS) is 9.50. The highest BCUT2D eigenvalue weighted by Gasteiger charge is 2.16. The molecule has 6 heteroatoms. The molecule has 0 aromatic carbocycles. The molecule has 0 spiro atoms. The minimum Gasteiger partial charge on any atom is -0.476 e. The van der Waals surface area contributed by atoms with E-state index < -0.39 is 4.92 Å². The summed E-state index contributed by atoms with van der Waals surface area (Å²) in [5.74, 6) is 0.435. The van der Waals surface area contributed by atoms with Crippen LogP contribution in [0.5, 0.6) is 5.88 Å². The number of aryl methyl sites for hydroxylation is 1. The van der Waals surface area contributed by atoms with Crippen LogP contribution in [0, 0.1) is 17.0 Å². The molecule has 1 aromatic rings. The molecule has 1 rings (SSSR count). The molecule has 6 nitrogen and oxygen atoms in total. The van der Waals surface area contributed by atoms with Gasteiger partial charge in [-0.3, -0.25) is 10.1 Å². The number of nitro groups is 1. The average molecular weight is 169 g/mol. The van der Waals surface area contributed by atoms with Gasteiger partial charge >= 0.3 is 5.69 Å². The minimum absolute atomic E-state index is 0.00694. The first kappa shape index (κ1) is 8.38.